The average Bonchev–Trinajstić information content (AvgIpc) is 2.73. The Morgan fingerprint density at radius 1 is 1.17 bits per heavy atom. The van der Waals surface area contributed by atoms with Crippen molar-refractivity contribution in [3.05, 3.63) is 76.5 Å². The second-order valence-corrected chi connectivity index (χ2v) is 8.00. The Morgan fingerprint density at radius 3 is 2.72 bits per heavy atom. The third-order valence-corrected chi connectivity index (χ3v) is 5.93. The van der Waals surface area contributed by atoms with Gasteiger partial charge in [0, 0.05) is 24.2 Å². The minimum atomic E-state index is -0.212. The smallest absolute Gasteiger partial charge is 0.173 e. The van der Waals surface area contributed by atoms with Crippen molar-refractivity contribution < 1.29 is 9.53 Å². The Balaban J connectivity index is 1.60. The third-order valence-electron chi connectivity index (χ3n) is 5.59. The summed E-state index contributed by atoms with van der Waals surface area (Å²) in [6.07, 6.45) is 2.39. The quantitative estimate of drug-likeness (QED) is 0.720. The van der Waals surface area contributed by atoms with E-state index in [0.29, 0.717) is 18.1 Å². The van der Waals surface area contributed by atoms with Crippen molar-refractivity contribution in [1.29, 1.82) is 0 Å². The van der Waals surface area contributed by atoms with Gasteiger partial charge in [-0.25, -0.2) is 0 Å². The number of ketones is 1. The van der Waals surface area contributed by atoms with E-state index in [1.807, 2.05) is 24.3 Å². The largest absolute Gasteiger partial charge is 0.489 e. The first-order valence-corrected chi connectivity index (χ1v) is 10.6. The Labute approximate surface area is 177 Å². The molecule has 4 rings (SSSR count). The van der Waals surface area contributed by atoms with E-state index in [0.717, 1.165) is 47.5 Å². The van der Waals surface area contributed by atoms with Crippen LogP contribution in [0.5, 0.6) is 5.75 Å². The minimum absolute atomic E-state index is 0.212. The van der Waals surface area contributed by atoms with Gasteiger partial charge < -0.3 is 15.0 Å². The van der Waals surface area contributed by atoms with Crippen LogP contribution in [-0.2, 0) is 11.4 Å². The van der Waals surface area contributed by atoms with Crippen LogP contribution in [-0.4, -0.2) is 22.3 Å². The molecule has 1 N–H and O–H groups in total. The fraction of sp³-hybridized carbons (Fsp3) is 0.333. The number of allylic oxidation sites excluding steroid dienone is 1. The van der Waals surface area contributed by atoms with Crippen molar-refractivity contribution in [1.82, 2.24) is 10.2 Å². The highest BCUT2D eigenvalue weighted by atomic mass is 32.1. The van der Waals surface area contributed by atoms with Crippen molar-refractivity contribution in [2.75, 3.05) is 6.54 Å². The van der Waals surface area contributed by atoms with E-state index in [9.17, 15) is 4.79 Å². The molecule has 0 bridgehead atoms. The number of nitrogens with one attached hydrogen (secondary N) is 1. The van der Waals surface area contributed by atoms with Gasteiger partial charge in [-0.1, -0.05) is 42.0 Å². The molecule has 1 atom stereocenters. The molecule has 5 heteroatoms. The van der Waals surface area contributed by atoms with Crippen LogP contribution < -0.4 is 10.1 Å². The summed E-state index contributed by atoms with van der Waals surface area (Å²) >= 11 is 5.61. The van der Waals surface area contributed by atoms with Gasteiger partial charge in [0.2, 0.25) is 0 Å². The van der Waals surface area contributed by atoms with Crippen LogP contribution in [0.2, 0.25) is 0 Å². The monoisotopic (exact) mass is 406 g/mol. The lowest BCUT2D eigenvalue weighted by Crippen LogP contribution is -2.49. The van der Waals surface area contributed by atoms with Gasteiger partial charge in [-0.15, -0.1) is 0 Å². The van der Waals surface area contributed by atoms with Crippen LogP contribution in [0, 0.1) is 6.92 Å². The highest BCUT2D eigenvalue weighted by Gasteiger charge is 2.36. The van der Waals surface area contributed by atoms with Crippen molar-refractivity contribution in [2.24, 2.45) is 0 Å². The van der Waals surface area contributed by atoms with Crippen LogP contribution in [0.4, 0.5) is 0 Å². The maximum absolute atomic E-state index is 12.8. The fourth-order valence-electron chi connectivity index (χ4n) is 4.07. The predicted octanol–water partition coefficient (Wildman–Crippen LogP) is 4.83. The first-order valence-electron chi connectivity index (χ1n) is 10.2. The van der Waals surface area contributed by atoms with Gasteiger partial charge >= 0.3 is 0 Å². The number of benzene rings is 2. The normalized spacial score (nSPS) is 19.1. The predicted molar refractivity (Wildman–Crippen MR) is 119 cm³/mol. The summed E-state index contributed by atoms with van der Waals surface area (Å²) < 4.78 is 6.02. The van der Waals surface area contributed by atoms with E-state index >= 15 is 0 Å². The number of Topliss-reactive ketones (excluding diaryl/α,β-unsaturated/α-hetero) is 1. The van der Waals surface area contributed by atoms with E-state index in [1.54, 1.807) is 0 Å². The van der Waals surface area contributed by atoms with Crippen LogP contribution in [0.15, 0.2) is 59.8 Å². The van der Waals surface area contributed by atoms with Crippen molar-refractivity contribution >= 4 is 23.1 Å². The molecule has 0 fully saturated rings. The van der Waals surface area contributed by atoms with Crippen LogP contribution in [0.1, 0.15) is 48.9 Å². The zero-order chi connectivity index (χ0) is 20.4. The van der Waals surface area contributed by atoms with Gasteiger partial charge in [0.1, 0.15) is 12.4 Å². The van der Waals surface area contributed by atoms with Gasteiger partial charge in [0.25, 0.3) is 0 Å². The molecule has 2 aliphatic rings. The lowest BCUT2D eigenvalue weighted by atomic mass is 9.85. The highest BCUT2D eigenvalue weighted by molar-refractivity contribution is 7.80. The maximum Gasteiger partial charge on any atom is 0.173 e. The molecule has 0 saturated heterocycles. The molecule has 0 radical (unpaired) electrons. The molecule has 1 aliphatic carbocycles. The molecule has 0 saturated carbocycles. The second-order valence-electron chi connectivity index (χ2n) is 7.61. The van der Waals surface area contributed by atoms with Crippen molar-refractivity contribution in [2.45, 2.75) is 45.8 Å². The van der Waals surface area contributed by atoms with Gasteiger partial charge in [0.05, 0.1) is 6.04 Å². The summed E-state index contributed by atoms with van der Waals surface area (Å²) in [7, 11) is 0. The zero-order valence-electron chi connectivity index (χ0n) is 16.9. The Morgan fingerprint density at radius 2 is 1.97 bits per heavy atom. The summed E-state index contributed by atoms with van der Waals surface area (Å²) in [6.45, 7) is 5.42. The number of hydrogen-bond donors (Lipinski definition) is 1. The van der Waals surface area contributed by atoms with Gasteiger partial charge in [-0.05, 0) is 62.2 Å². The van der Waals surface area contributed by atoms with E-state index in [1.165, 1.54) is 5.56 Å². The van der Waals surface area contributed by atoms with Crippen molar-refractivity contribution in [3.8, 4) is 5.75 Å². The maximum atomic E-state index is 12.8. The SMILES string of the molecule is CCN1C(=S)NC(c2cccc(OCc3ccc(C)cc3)c2)C2=C1CCCC2=O. The summed E-state index contributed by atoms with van der Waals surface area (Å²) in [5.74, 6) is 1.01. The van der Waals surface area contributed by atoms with E-state index in [2.05, 4.69) is 48.3 Å². The standard InChI is InChI=1S/C24H26N2O2S/c1-3-26-20-8-5-9-21(27)22(20)23(25-24(26)29)18-6-4-7-19(14-18)28-15-17-12-10-16(2)11-13-17/h4,6-7,10-14,23H,3,5,8-9,15H2,1-2H3,(H,25,29). The molecule has 29 heavy (non-hydrogen) atoms. The first kappa shape index (κ1) is 19.6. The summed E-state index contributed by atoms with van der Waals surface area (Å²) in [6, 6.07) is 16.1. The van der Waals surface area contributed by atoms with E-state index in [-0.39, 0.29) is 11.8 Å². The highest BCUT2D eigenvalue weighted by Crippen LogP contribution is 2.37. The molecular weight excluding hydrogens is 380 g/mol. The average molecular weight is 407 g/mol. The number of ether oxygens (including phenoxy) is 1. The summed E-state index contributed by atoms with van der Waals surface area (Å²) in [4.78, 5) is 14.9. The fourth-order valence-corrected chi connectivity index (χ4v) is 4.43. The molecular formula is C24H26N2O2S. The van der Waals surface area contributed by atoms with Crippen LogP contribution in [0.3, 0.4) is 0 Å². The molecule has 1 unspecified atom stereocenters. The van der Waals surface area contributed by atoms with Crippen LogP contribution in [0.25, 0.3) is 0 Å². The van der Waals surface area contributed by atoms with Gasteiger partial charge in [0.15, 0.2) is 10.9 Å². The molecule has 1 heterocycles. The van der Waals surface area contributed by atoms with E-state index in [4.69, 9.17) is 17.0 Å². The molecule has 4 nitrogen and oxygen atoms in total. The summed E-state index contributed by atoms with van der Waals surface area (Å²) in [5, 5.41) is 4.09. The number of aryl methyl sites for hydroxylation is 1. The van der Waals surface area contributed by atoms with E-state index < -0.39 is 0 Å². The Kier molecular flexibility index (Phi) is 5.67. The lowest BCUT2D eigenvalue weighted by Gasteiger charge is -2.40. The number of carbonyl (C=O) groups excluding carboxylic acids is 1. The topological polar surface area (TPSA) is 41.6 Å². The molecule has 1 aliphatic heterocycles. The molecule has 2 aromatic rings. The molecule has 2 aromatic carbocycles. The minimum Gasteiger partial charge on any atom is -0.489 e. The summed E-state index contributed by atoms with van der Waals surface area (Å²) in [5.41, 5.74) is 5.32. The Hall–Kier alpha value is -2.66. The zero-order valence-corrected chi connectivity index (χ0v) is 17.7. The Bertz CT molecular complexity index is 965. The molecule has 150 valence electrons. The second kappa shape index (κ2) is 8.37. The molecule has 0 spiro atoms. The third kappa shape index (κ3) is 4.06. The number of hydrogen-bond acceptors (Lipinski definition) is 3. The van der Waals surface area contributed by atoms with Gasteiger partial charge in [-0.2, -0.15) is 0 Å². The molecule has 0 aromatic heterocycles. The molecule has 0 amide bonds. The lowest BCUT2D eigenvalue weighted by molar-refractivity contribution is -0.116. The van der Waals surface area contributed by atoms with Gasteiger partial charge in [-0.3, -0.25) is 4.79 Å². The van der Waals surface area contributed by atoms with Crippen LogP contribution >= 0.6 is 12.2 Å². The van der Waals surface area contributed by atoms with Crippen molar-refractivity contribution in [3.63, 3.8) is 0 Å². The number of nitrogens with zero attached hydrogens (tertiary/aromatic N) is 1. The number of thiocarbonyl (C=S) groups is 1. The number of rotatable bonds is 5. The number of carbonyl (C=O) groups is 1. The first-order chi connectivity index (χ1) is 14.1.